The number of hydrogen-bond donors (Lipinski definition) is 1. The Hall–Kier alpha value is -2.16. The van der Waals surface area contributed by atoms with E-state index in [-0.39, 0.29) is 30.3 Å². The number of carbonyl (C=O) groups is 3. The molecular weight excluding hydrogens is 468 g/mol. The minimum atomic E-state index is -0.708. The molecule has 1 aliphatic carbocycles. The van der Waals surface area contributed by atoms with Gasteiger partial charge in [0.15, 0.2) is 6.10 Å². The molecule has 2 aliphatic heterocycles. The van der Waals surface area contributed by atoms with E-state index in [0.717, 1.165) is 43.6 Å². The lowest BCUT2D eigenvalue weighted by Crippen LogP contribution is -2.54. The first kappa shape index (κ1) is 25.9. The van der Waals surface area contributed by atoms with E-state index in [4.69, 9.17) is 16.3 Å². The van der Waals surface area contributed by atoms with Crippen LogP contribution in [0.15, 0.2) is 12.1 Å². The number of anilines is 1. The molecule has 1 N–H and O–H groups in total. The maximum atomic E-state index is 12.9. The monoisotopic (exact) mass is 504 g/mol. The van der Waals surface area contributed by atoms with Crippen LogP contribution in [0.4, 0.5) is 5.69 Å². The summed E-state index contributed by atoms with van der Waals surface area (Å²) in [5.41, 5.74) is 2.66. The molecule has 1 aromatic carbocycles. The number of halogens is 1. The SMILES string of the molecule is CC(=O)N1CCOC(C(=O)Nc2cc(Cl)cc(CN3CCN(C(=O)C4CCCC4)C(C)C3)c2C)C1. The molecule has 2 atom stereocenters. The number of morpholine rings is 1. The minimum Gasteiger partial charge on any atom is -0.365 e. The molecule has 8 nitrogen and oxygen atoms in total. The number of ether oxygens (including phenoxy) is 1. The van der Waals surface area contributed by atoms with Crippen molar-refractivity contribution in [2.24, 2.45) is 5.92 Å². The molecule has 192 valence electrons. The number of carbonyl (C=O) groups excluding carboxylic acids is 3. The fourth-order valence-corrected chi connectivity index (χ4v) is 5.73. The Morgan fingerprint density at radius 3 is 2.54 bits per heavy atom. The van der Waals surface area contributed by atoms with Crippen molar-refractivity contribution in [1.82, 2.24) is 14.7 Å². The Bertz CT molecular complexity index is 965. The van der Waals surface area contributed by atoms with Crippen LogP contribution in [0.2, 0.25) is 5.02 Å². The number of rotatable bonds is 5. The Morgan fingerprint density at radius 2 is 1.86 bits per heavy atom. The van der Waals surface area contributed by atoms with Crippen LogP contribution < -0.4 is 5.32 Å². The van der Waals surface area contributed by atoms with Gasteiger partial charge in [-0.15, -0.1) is 0 Å². The van der Waals surface area contributed by atoms with Crippen molar-refractivity contribution in [1.29, 1.82) is 0 Å². The fourth-order valence-electron chi connectivity index (χ4n) is 5.49. The molecule has 3 fully saturated rings. The normalized spacial score (nSPS) is 24.0. The van der Waals surface area contributed by atoms with E-state index in [0.29, 0.717) is 36.3 Å². The van der Waals surface area contributed by atoms with Crippen molar-refractivity contribution in [2.45, 2.75) is 65.1 Å². The van der Waals surface area contributed by atoms with E-state index < -0.39 is 6.10 Å². The van der Waals surface area contributed by atoms with Crippen LogP contribution in [-0.2, 0) is 25.7 Å². The minimum absolute atomic E-state index is 0.0633. The lowest BCUT2D eigenvalue weighted by atomic mass is 10.0. The van der Waals surface area contributed by atoms with Crippen LogP contribution in [0, 0.1) is 12.8 Å². The maximum Gasteiger partial charge on any atom is 0.255 e. The zero-order valence-electron chi connectivity index (χ0n) is 21.0. The molecule has 1 aromatic rings. The average Bonchev–Trinajstić information content (AvgIpc) is 3.37. The number of nitrogens with one attached hydrogen (secondary N) is 1. The third-order valence-electron chi connectivity index (χ3n) is 7.64. The topological polar surface area (TPSA) is 82.2 Å². The van der Waals surface area contributed by atoms with Gasteiger partial charge < -0.3 is 19.9 Å². The highest BCUT2D eigenvalue weighted by molar-refractivity contribution is 6.31. The largest absolute Gasteiger partial charge is 0.365 e. The highest BCUT2D eigenvalue weighted by atomic mass is 35.5. The lowest BCUT2D eigenvalue weighted by Gasteiger charge is -2.41. The molecule has 3 amide bonds. The van der Waals surface area contributed by atoms with E-state index in [9.17, 15) is 14.4 Å². The van der Waals surface area contributed by atoms with E-state index in [2.05, 4.69) is 22.0 Å². The molecule has 0 radical (unpaired) electrons. The highest BCUT2D eigenvalue weighted by Crippen LogP contribution is 2.30. The quantitative estimate of drug-likeness (QED) is 0.666. The third-order valence-corrected chi connectivity index (χ3v) is 7.85. The first-order valence-electron chi connectivity index (χ1n) is 12.7. The molecule has 2 saturated heterocycles. The molecule has 35 heavy (non-hydrogen) atoms. The van der Waals surface area contributed by atoms with E-state index in [1.54, 1.807) is 11.0 Å². The molecular formula is C26H37ClN4O4. The summed E-state index contributed by atoms with van der Waals surface area (Å²) in [5, 5.41) is 3.52. The molecule has 2 heterocycles. The summed E-state index contributed by atoms with van der Waals surface area (Å²) in [6.45, 7) is 9.75. The number of amides is 3. The summed E-state index contributed by atoms with van der Waals surface area (Å²) >= 11 is 6.43. The summed E-state index contributed by atoms with van der Waals surface area (Å²) in [4.78, 5) is 43.6. The average molecular weight is 505 g/mol. The van der Waals surface area contributed by atoms with Gasteiger partial charge in [-0.2, -0.15) is 0 Å². The second-order valence-electron chi connectivity index (χ2n) is 10.1. The summed E-state index contributed by atoms with van der Waals surface area (Å²) in [5.74, 6) is 0.194. The van der Waals surface area contributed by atoms with Crippen LogP contribution in [0.5, 0.6) is 0 Å². The van der Waals surface area contributed by atoms with Crippen molar-refractivity contribution in [3.8, 4) is 0 Å². The van der Waals surface area contributed by atoms with Gasteiger partial charge in [0.1, 0.15) is 0 Å². The Balaban J connectivity index is 1.38. The van der Waals surface area contributed by atoms with Gasteiger partial charge >= 0.3 is 0 Å². The van der Waals surface area contributed by atoms with Crippen molar-refractivity contribution in [3.05, 3.63) is 28.3 Å². The first-order chi connectivity index (χ1) is 16.7. The molecule has 0 aromatic heterocycles. The van der Waals surface area contributed by atoms with Gasteiger partial charge in [0.05, 0.1) is 13.2 Å². The van der Waals surface area contributed by atoms with Crippen LogP contribution in [0.3, 0.4) is 0 Å². The number of hydrogen-bond acceptors (Lipinski definition) is 5. The Kier molecular flexibility index (Phi) is 8.34. The van der Waals surface area contributed by atoms with Gasteiger partial charge in [0.25, 0.3) is 5.91 Å². The number of nitrogens with zero attached hydrogens (tertiary/aromatic N) is 3. The molecule has 0 bridgehead atoms. The smallest absolute Gasteiger partial charge is 0.255 e. The molecule has 9 heteroatoms. The van der Waals surface area contributed by atoms with Crippen molar-refractivity contribution in [2.75, 3.05) is 44.6 Å². The molecule has 2 unspecified atom stereocenters. The van der Waals surface area contributed by atoms with Crippen molar-refractivity contribution >= 4 is 35.0 Å². The van der Waals surface area contributed by atoms with Crippen molar-refractivity contribution < 1.29 is 19.1 Å². The van der Waals surface area contributed by atoms with Crippen LogP contribution in [0.1, 0.15) is 50.7 Å². The second kappa shape index (κ2) is 11.3. The zero-order chi connectivity index (χ0) is 25.1. The third kappa shape index (κ3) is 6.16. The summed E-state index contributed by atoms with van der Waals surface area (Å²) in [7, 11) is 0. The van der Waals surface area contributed by atoms with E-state index in [1.165, 1.54) is 19.8 Å². The zero-order valence-corrected chi connectivity index (χ0v) is 21.8. The van der Waals surface area contributed by atoms with Crippen LogP contribution in [-0.4, -0.2) is 83.9 Å². The van der Waals surface area contributed by atoms with Gasteiger partial charge in [0, 0.05) is 62.3 Å². The molecule has 4 rings (SSSR count). The van der Waals surface area contributed by atoms with Gasteiger partial charge in [-0.3, -0.25) is 19.3 Å². The summed E-state index contributed by atoms with van der Waals surface area (Å²) in [6, 6.07) is 3.87. The maximum absolute atomic E-state index is 12.9. The Labute approximate surface area is 212 Å². The predicted molar refractivity (Wildman–Crippen MR) is 135 cm³/mol. The lowest BCUT2D eigenvalue weighted by molar-refractivity contribution is -0.143. The Morgan fingerprint density at radius 1 is 1.11 bits per heavy atom. The van der Waals surface area contributed by atoms with Crippen LogP contribution >= 0.6 is 11.6 Å². The van der Waals surface area contributed by atoms with Gasteiger partial charge in [-0.05, 0) is 49.9 Å². The predicted octanol–water partition coefficient (Wildman–Crippen LogP) is 3.06. The molecule has 3 aliphatic rings. The first-order valence-corrected chi connectivity index (χ1v) is 13.1. The highest BCUT2D eigenvalue weighted by Gasteiger charge is 2.33. The summed E-state index contributed by atoms with van der Waals surface area (Å²) in [6.07, 6.45) is 3.68. The second-order valence-corrected chi connectivity index (χ2v) is 10.6. The van der Waals surface area contributed by atoms with Gasteiger partial charge in [-0.25, -0.2) is 0 Å². The number of benzene rings is 1. The van der Waals surface area contributed by atoms with Gasteiger partial charge in [0.2, 0.25) is 11.8 Å². The standard InChI is InChI=1S/C26H37ClN4O4/c1-17-14-29(8-9-31(17)26(34)20-6-4-5-7-20)15-21-12-22(27)13-23(18(21)2)28-25(33)24-16-30(19(3)32)10-11-35-24/h12-13,17,20,24H,4-11,14-16H2,1-3H3,(H,28,33). The van der Waals surface area contributed by atoms with Gasteiger partial charge in [-0.1, -0.05) is 24.4 Å². The van der Waals surface area contributed by atoms with E-state index >= 15 is 0 Å². The van der Waals surface area contributed by atoms with Crippen molar-refractivity contribution in [3.63, 3.8) is 0 Å². The summed E-state index contributed by atoms with van der Waals surface area (Å²) < 4.78 is 5.61. The van der Waals surface area contributed by atoms with E-state index in [1.807, 2.05) is 13.0 Å². The number of piperazine rings is 1. The molecule has 1 saturated carbocycles. The molecule has 0 spiro atoms. The fraction of sp³-hybridized carbons (Fsp3) is 0.654. The van der Waals surface area contributed by atoms with Crippen LogP contribution in [0.25, 0.3) is 0 Å².